The molecule has 0 spiro atoms. The highest BCUT2D eigenvalue weighted by Crippen LogP contribution is 2.22. The summed E-state index contributed by atoms with van der Waals surface area (Å²) in [5.41, 5.74) is 7.40. The van der Waals surface area contributed by atoms with Gasteiger partial charge in [-0.1, -0.05) is 132 Å². The van der Waals surface area contributed by atoms with Crippen molar-refractivity contribution < 1.29 is 132 Å². The topological polar surface area (TPSA) is 318 Å². The smallest absolute Gasteiger partial charge is 0.155 e. The molecule has 0 radical (unpaired) electrons. The van der Waals surface area contributed by atoms with E-state index in [1.165, 1.54) is 154 Å². The van der Waals surface area contributed by atoms with E-state index < -0.39 is 96.1 Å². The number of hydrogen-bond acceptors (Lipinski definition) is 26. The molecule has 0 aliphatic carbocycles. The molecule has 0 atom stereocenters. The Kier molecular flexibility index (Phi) is 59.7. The number of nitrogens with zero attached hydrogens (tertiary/aromatic N) is 9. The number of quaternary nitrogens is 1. The lowest BCUT2D eigenvalue weighted by atomic mass is 10.2. The molecule has 0 saturated carbocycles. The van der Waals surface area contributed by atoms with Crippen molar-refractivity contribution in [2.45, 2.75) is 111 Å². The van der Waals surface area contributed by atoms with Crippen molar-refractivity contribution >= 4 is 78.7 Å². The van der Waals surface area contributed by atoms with Crippen LogP contribution in [0, 0.1) is 48.8 Å². The molecular formula is C106H158F6IN9O18S8. The molecular weight excluding hydrogens is 2180 g/mol. The molecule has 0 bridgehead atoms. The fourth-order valence-electron chi connectivity index (χ4n) is 16.0. The number of likely N-dealkylation sites (N-methyl/N-ethyl adjacent to an activating group) is 2. The summed E-state index contributed by atoms with van der Waals surface area (Å²) < 4.78 is 279. The summed E-state index contributed by atoms with van der Waals surface area (Å²) in [5.74, 6) is -1.07. The number of sulfone groups is 8. The Hall–Kier alpha value is -6.77. The Morgan fingerprint density at radius 1 is 0.270 bits per heavy atom. The van der Waals surface area contributed by atoms with Gasteiger partial charge in [-0.3, -0.25) is 9.80 Å². The summed E-state index contributed by atoms with van der Waals surface area (Å²) in [4.78, 5) is 16.4. The minimum absolute atomic E-state index is 0. The quantitative estimate of drug-likeness (QED) is 0.0195. The lowest BCUT2D eigenvalue weighted by Gasteiger charge is -2.29. The molecule has 0 amide bonds. The van der Waals surface area contributed by atoms with E-state index in [-0.39, 0.29) is 122 Å². The highest BCUT2D eigenvalue weighted by Gasteiger charge is 2.29. The van der Waals surface area contributed by atoms with Crippen LogP contribution >= 0.6 is 0 Å². The van der Waals surface area contributed by atoms with Crippen LogP contribution in [0.4, 0.5) is 26.3 Å². The van der Waals surface area contributed by atoms with Crippen LogP contribution in [0.25, 0.3) is 0 Å². The maximum atomic E-state index is 13.0. The van der Waals surface area contributed by atoms with Gasteiger partial charge in [0.15, 0.2) is 78.7 Å². The fourth-order valence-corrected chi connectivity index (χ4v) is 27.4. The normalized spacial score (nSPS) is 15.5. The summed E-state index contributed by atoms with van der Waals surface area (Å²) in [7, 11) is -9.51. The van der Waals surface area contributed by atoms with Gasteiger partial charge in [0.2, 0.25) is 0 Å². The van der Waals surface area contributed by atoms with Gasteiger partial charge in [-0.25, -0.2) is 93.7 Å². The van der Waals surface area contributed by atoms with Crippen LogP contribution in [0.2, 0.25) is 0 Å². The van der Waals surface area contributed by atoms with Crippen LogP contribution in [0.1, 0.15) is 107 Å². The second-order valence-corrected chi connectivity index (χ2v) is 56.9. The molecule has 5 fully saturated rings. The first-order valence-corrected chi connectivity index (χ1v) is 64.4. The summed E-state index contributed by atoms with van der Waals surface area (Å²) in [6.07, 6.45) is 8.94. The van der Waals surface area contributed by atoms with E-state index in [9.17, 15) is 93.7 Å². The van der Waals surface area contributed by atoms with Crippen LogP contribution in [-0.4, -0.2) is 371 Å². The molecule has 0 aromatic heterocycles. The van der Waals surface area contributed by atoms with E-state index in [0.29, 0.717) is 111 Å². The van der Waals surface area contributed by atoms with Gasteiger partial charge in [0.1, 0.15) is 34.9 Å². The van der Waals surface area contributed by atoms with Crippen LogP contribution in [-0.2, 0) is 134 Å². The fraction of sp³-hybridized carbons (Fsp3) is 0.547. The number of likely N-dealkylation sites (tertiary alicyclic amines) is 3. The molecule has 5 saturated heterocycles. The first kappa shape index (κ1) is 132. The van der Waals surface area contributed by atoms with Gasteiger partial charge in [-0.05, 0) is 245 Å². The van der Waals surface area contributed by atoms with E-state index in [1.807, 2.05) is 126 Å². The number of ether oxygens (including phenoxy) is 2. The largest absolute Gasteiger partial charge is 1.00 e. The molecule has 5 aliphatic rings. The first-order valence-electron chi connectivity index (χ1n) is 49.9. The number of rotatable bonds is 45. The summed E-state index contributed by atoms with van der Waals surface area (Å²) >= 11 is 0. The van der Waals surface area contributed by atoms with Gasteiger partial charge < -0.3 is 67.3 Å². The van der Waals surface area contributed by atoms with E-state index in [4.69, 9.17) is 9.47 Å². The molecule has 13 rings (SSSR count). The number of halogens is 7. The SMILES string of the molecule is CN(C)CCN(C)CCS(=O)(=O)Cc1cccc(F)c1.CN(C)CCS(=O)(=O)Cc1ccc(F)cc1.CN(C)CCS(=O)(=O)Cc1cccc(F)c1.Cc1ccc(CS(=O)(=O)CCCN2CCCC2)cc1.Cc1ccc(CS(=O)(=O)CCC[N+]2(C)CCCC2)cc1.O=S(=O)(CCN1CCCC1)Cc1cccc(F)c1.O=S(=O)(CCN1CCOCC1)Cc1ccc(F)cc1.O=S(=O)(CCN1CCOCC1)Cc1cccc(F)c1.[I-]. The Morgan fingerprint density at radius 3 is 0.811 bits per heavy atom. The maximum Gasteiger partial charge on any atom is 0.155 e. The van der Waals surface area contributed by atoms with Gasteiger partial charge in [0, 0.05) is 97.8 Å². The Morgan fingerprint density at radius 2 is 0.520 bits per heavy atom. The zero-order valence-corrected chi connectivity index (χ0v) is 96.4. The van der Waals surface area contributed by atoms with Gasteiger partial charge in [-0.2, -0.15) is 0 Å². The Bertz CT molecular complexity index is 6160. The van der Waals surface area contributed by atoms with E-state index >= 15 is 0 Å². The zero-order chi connectivity index (χ0) is 108. The highest BCUT2D eigenvalue weighted by atomic mass is 127. The lowest BCUT2D eigenvalue weighted by molar-refractivity contribution is -0.897. The van der Waals surface area contributed by atoms with Crippen LogP contribution in [0.15, 0.2) is 194 Å². The number of hydrogen-bond donors (Lipinski definition) is 0. The van der Waals surface area contributed by atoms with Crippen LogP contribution < -0.4 is 24.0 Å². The van der Waals surface area contributed by atoms with Crippen molar-refractivity contribution in [2.24, 2.45) is 0 Å². The standard InChI is InChI=1S/C16H26NO2S.C15H23NO2S.C14H23FN2O2S.2C13H18FNO3S.C13H18FNO2S.2C11H16FNO2S.HI/c1-15-6-8-16(9-7-15)14-20(18,19)13-5-12-17(2)10-3-4-11-17;1-14-5-7-15(8-6-14)13-19(17,18)12-4-11-16-9-2-3-10-16;1-16(2)7-8-17(3)9-10-20(18,19)12-13-5-4-6-14(15)11-13;14-13-3-1-12(2-4-13)11-19(16,17)10-7-15-5-8-18-9-6-15;14-13-3-1-2-12(10-13)11-19(16,17)9-6-15-4-7-18-8-5-15;14-13-5-3-4-12(10-13)11-18(16,17)9-8-15-6-1-2-7-15;1-13(2)7-8-16(14,15)9-10-3-5-11(12)6-4-10;1-13(2)6-7-16(14,15)9-10-4-3-5-11(12)8-10;/h6-9H,3-5,10-14H2,1-2H3;5-8H,2-4,9-13H2,1H3;4-6,11H,7-10,12H2,1-3H3;1-4H,5-11H2;1-3,10H,4-9,11H2;3-5,10H,1-2,6-9,11H2;3-6H,7-9H2,1-2H3;3-5,8H,6-7,9H2,1-2H3;1H/q+1;;;;;;;;/p-1. The third-order valence-corrected chi connectivity index (χ3v) is 37.5. The van der Waals surface area contributed by atoms with Crippen molar-refractivity contribution in [3.8, 4) is 0 Å². The molecule has 5 heterocycles. The molecule has 0 unspecified atom stereocenters. The predicted molar refractivity (Wildman–Crippen MR) is 579 cm³/mol. The van der Waals surface area contributed by atoms with Crippen molar-refractivity contribution in [3.05, 3.63) is 285 Å². The molecule has 148 heavy (non-hydrogen) atoms. The van der Waals surface area contributed by atoms with Crippen LogP contribution in [0.3, 0.4) is 0 Å². The minimum atomic E-state index is -3.21. The maximum absolute atomic E-state index is 13.0. The Balaban J connectivity index is 0.000000297. The van der Waals surface area contributed by atoms with Gasteiger partial charge in [0.05, 0.1) is 145 Å². The second kappa shape index (κ2) is 67.1. The summed E-state index contributed by atoms with van der Waals surface area (Å²) in [6.45, 7) is 23.2. The highest BCUT2D eigenvalue weighted by molar-refractivity contribution is 7.92. The van der Waals surface area contributed by atoms with Crippen molar-refractivity contribution in [3.63, 3.8) is 0 Å². The molecule has 42 heteroatoms. The number of aryl methyl sites for hydroxylation is 2. The van der Waals surface area contributed by atoms with Gasteiger partial charge in [0.25, 0.3) is 0 Å². The number of morpholine rings is 2. The third-order valence-electron chi connectivity index (χ3n) is 24.6. The van der Waals surface area contributed by atoms with E-state index in [1.54, 1.807) is 30.3 Å². The van der Waals surface area contributed by atoms with E-state index in [2.05, 4.69) is 31.5 Å². The predicted octanol–water partition coefficient (Wildman–Crippen LogP) is 9.76. The third kappa shape index (κ3) is 61.4. The lowest BCUT2D eigenvalue weighted by Crippen LogP contribution is -3.00. The van der Waals surface area contributed by atoms with Crippen LogP contribution in [0.5, 0.6) is 0 Å². The summed E-state index contributed by atoms with van der Waals surface area (Å²) in [6, 6.07) is 49.7. The number of benzene rings is 8. The minimum Gasteiger partial charge on any atom is -1.00 e. The van der Waals surface area contributed by atoms with Crippen molar-refractivity contribution in [1.82, 2.24) is 39.2 Å². The van der Waals surface area contributed by atoms with Crippen molar-refractivity contribution in [1.29, 1.82) is 0 Å². The molecule has 27 nitrogen and oxygen atoms in total. The van der Waals surface area contributed by atoms with E-state index in [0.717, 1.165) is 131 Å². The zero-order valence-electron chi connectivity index (χ0n) is 87.7. The first-order chi connectivity index (χ1) is 69.1. The van der Waals surface area contributed by atoms with Gasteiger partial charge >= 0.3 is 0 Å². The monoisotopic (exact) mass is 2340 g/mol. The molecule has 5 aliphatic heterocycles. The average Bonchev–Trinajstić information content (AvgIpc) is 1.92. The van der Waals surface area contributed by atoms with Gasteiger partial charge in [-0.15, -0.1) is 0 Å². The van der Waals surface area contributed by atoms with Crippen molar-refractivity contribution in [2.75, 3.05) is 260 Å². The molecule has 832 valence electrons. The molecule has 8 aromatic carbocycles. The molecule has 8 aromatic rings. The average molecular weight is 2340 g/mol. The Labute approximate surface area is 897 Å². The second-order valence-electron chi connectivity index (χ2n) is 39.4. The summed E-state index contributed by atoms with van der Waals surface area (Å²) in [5, 5.41) is 0. The molecule has 0 N–H and O–H groups in total.